The molecule has 164 valence electrons. The Bertz CT molecular complexity index is 1370. The minimum atomic E-state index is -4.55. The van der Waals surface area contributed by atoms with E-state index >= 15 is 0 Å². The summed E-state index contributed by atoms with van der Waals surface area (Å²) >= 11 is 6.28. The van der Waals surface area contributed by atoms with Crippen LogP contribution in [0.4, 0.5) is 19.0 Å². The number of benzene rings is 2. The summed E-state index contributed by atoms with van der Waals surface area (Å²) < 4.78 is 41.3. The fourth-order valence-electron chi connectivity index (χ4n) is 3.58. The van der Waals surface area contributed by atoms with Gasteiger partial charge in [-0.3, -0.25) is 9.36 Å². The van der Waals surface area contributed by atoms with Gasteiger partial charge in [0.2, 0.25) is 0 Å². The molecule has 32 heavy (non-hydrogen) atoms. The predicted octanol–water partition coefficient (Wildman–Crippen LogP) is 5.93. The van der Waals surface area contributed by atoms with Gasteiger partial charge in [-0.1, -0.05) is 29.8 Å². The number of anilines is 1. The summed E-state index contributed by atoms with van der Waals surface area (Å²) in [7, 11) is 0. The fourth-order valence-corrected chi connectivity index (χ4v) is 3.84. The second-order valence-electron chi connectivity index (χ2n) is 7.38. The molecule has 2 heterocycles. The summed E-state index contributed by atoms with van der Waals surface area (Å²) in [6.45, 7) is 3.63. The standard InChI is InChI=1S/C23H18ClF3N4O/c1-13-11-28-12-29-21(13)30-14(2)19-9-15-5-3-8-18(24)20(15)22(32)31(19)17-7-4-6-16(10-17)23(25,26)27/h3-12,14H,1-2H3,(H,28,29,30)/t14-/m0/s1. The first-order valence-corrected chi connectivity index (χ1v) is 10.1. The van der Waals surface area contributed by atoms with Gasteiger partial charge in [-0.25, -0.2) is 9.97 Å². The van der Waals surface area contributed by atoms with Crippen LogP contribution in [0.3, 0.4) is 0 Å². The van der Waals surface area contributed by atoms with Crippen LogP contribution in [0.25, 0.3) is 16.5 Å². The molecule has 4 rings (SSSR count). The maximum Gasteiger partial charge on any atom is 0.416 e. The Morgan fingerprint density at radius 3 is 2.59 bits per heavy atom. The number of fused-ring (bicyclic) bond motifs is 1. The van der Waals surface area contributed by atoms with Crippen LogP contribution in [0.5, 0.6) is 0 Å². The van der Waals surface area contributed by atoms with Gasteiger partial charge >= 0.3 is 6.18 Å². The van der Waals surface area contributed by atoms with E-state index < -0.39 is 23.3 Å². The lowest BCUT2D eigenvalue weighted by molar-refractivity contribution is -0.137. The van der Waals surface area contributed by atoms with Crippen molar-refractivity contribution in [1.29, 1.82) is 0 Å². The second-order valence-corrected chi connectivity index (χ2v) is 7.79. The van der Waals surface area contributed by atoms with Gasteiger partial charge in [-0.15, -0.1) is 0 Å². The molecule has 0 aliphatic heterocycles. The van der Waals surface area contributed by atoms with Gasteiger partial charge in [0, 0.05) is 23.1 Å². The Labute approximate surface area is 186 Å². The van der Waals surface area contributed by atoms with E-state index in [0.717, 1.165) is 17.7 Å². The van der Waals surface area contributed by atoms with Gasteiger partial charge in [0.25, 0.3) is 5.56 Å². The SMILES string of the molecule is Cc1cncnc1N[C@@H](C)c1cc2cccc(Cl)c2c(=O)n1-c1cccc(C(F)(F)F)c1. The maximum atomic E-state index is 13.5. The molecule has 0 saturated carbocycles. The highest BCUT2D eigenvalue weighted by Gasteiger charge is 2.31. The van der Waals surface area contributed by atoms with Crippen LogP contribution < -0.4 is 10.9 Å². The van der Waals surface area contributed by atoms with Crippen molar-refractivity contribution >= 4 is 28.2 Å². The normalized spacial score (nSPS) is 12.7. The molecular weight excluding hydrogens is 441 g/mol. The van der Waals surface area contributed by atoms with Crippen LogP contribution in [0, 0.1) is 6.92 Å². The first kappa shape index (κ1) is 21.8. The zero-order valence-corrected chi connectivity index (χ0v) is 17.9. The van der Waals surface area contributed by atoms with Crippen LogP contribution in [0.2, 0.25) is 5.02 Å². The van der Waals surface area contributed by atoms with Crippen molar-refractivity contribution in [3.05, 3.63) is 93.3 Å². The number of pyridine rings is 1. The number of rotatable bonds is 4. The lowest BCUT2D eigenvalue weighted by Gasteiger charge is -2.22. The van der Waals surface area contributed by atoms with E-state index in [1.54, 1.807) is 37.4 Å². The third-order valence-electron chi connectivity index (χ3n) is 5.15. The number of aryl methyl sites for hydroxylation is 1. The molecule has 0 radical (unpaired) electrons. The topological polar surface area (TPSA) is 59.8 Å². The van der Waals surface area contributed by atoms with Crippen molar-refractivity contribution in [1.82, 2.24) is 14.5 Å². The minimum absolute atomic E-state index is 0.0923. The fraction of sp³-hybridized carbons (Fsp3) is 0.174. The molecular formula is C23H18ClF3N4O. The number of halogens is 4. The zero-order chi connectivity index (χ0) is 23.0. The van der Waals surface area contributed by atoms with Gasteiger partial charge in [0.15, 0.2) is 0 Å². The van der Waals surface area contributed by atoms with Crippen molar-refractivity contribution in [2.45, 2.75) is 26.1 Å². The average Bonchev–Trinajstić information content (AvgIpc) is 2.74. The Hall–Kier alpha value is -3.39. The smallest absolute Gasteiger partial charge is 0.362 e. The molecule has 1 atom stereocenters. The largest absolute Gasteiger partial charge is 0.416 e. The molecule has 0 fully saturated rings. The Kier molecular flexibility index (Phi) is 5.64. The van der Waals surface area contributed by atoms with Gasteiger partial charge in [0.1, 0.15) is 12.1 Å². The molecule has 5 nitrogen and oxygen atoms in total. The molecule has 0 spiro atoms. The first-order valence-electron chi connectivity index (χ1n) is 9.72. The van der Waals surface area contributed by atoms with Crippen LogP contribution >= 0.6 is 11.6 Å². The molecule has 0 amide bonds. The monoisotopic (exact) mass is 458 g/mol. The molecule has 4 aromatic rings. The number of aromatic nitrogens is 3. The van der Waals surface area contributed by atoms with Crippen LogP contribution in [-0.4, -0.2) is 14.5 Å². The summed E-state index contributed by atoms with van der Waals surface area (Å²) in [4.78, 5) is 21.7. The zero-order valence-electron chi connectivity index (χ0n) is 17.1. The number of hydrogen-bond donors (Lipinski definition) is 1. The number of alkyl halides is 3. The maximum absolute atomic E-state index is 13.5. The van der Waals surface area contributed by atoms with E-state index in [1.165, 1.54) is 23.0 Å². The summed E-state index contributed by atoms with van der Waals surface area (Å²) in [5, 5.41) is 4.28. The average molecular weight is 459 g/mol. The highest BCUT2D eigenvalue weighted by Crippen LogP contribution is 2.32. The first-order chi connectivity index (χ1) is 15.2. The van der Waals surface area contributed by atoms with Crippen molar-refractivity contribution in [3.63, 3.8) is 0 Å². The van der Waals surface area contributed by atoms with Gasteiger partial charge < -0.3 is 5.32 Å². The quantitative estimate of drug-likeness (QED) is 0.411. The van der Waals surface area contributed by atoms with Crippen molar-refractivity contribution in [2.75, 3.05) is 5.32 Å². The summed E-state index contributed by atoms with van der Waals surface area (Å²) in [5.41, 5.74) is -0.0113. The molecule has 2 aromatic carbocycles. The molecule has 9 heteroatoms. The Morgan fingerprint density at radius 2 is 1.88 bits per heavy atom. The van der Waals surface area contributed by atoms with E-state index in [1.807, 2.05) is 6.92 Å². The predicted molar refractivity (Wildman–Crippen MR) is 118 cm³/mol. The van der Waals surface area contributed by atoms with E-state index in [0.29, 0.717) is 16.9 Å². The van der Waals surface area contributed by atoms with Crippen LogP contribution in [0.1, 0.15) is 29.8 Å². The number of hydrogen-bond acceptors (Lipinski definition) is 4. The molecule has 0 unspecified atom stereocenters. The number of nitrogens with zero attached hydrogens (tertiary/aromatic N) is 3. The highest BCUT2D eigenvalue weighted by molar-refractivity contribution is 6.35. The lowest BCUT2D eigenvalue weighted by Crippen LogP contribution is -2.26. The highest BCUT2D eigenvalue weighted by atomic mass is 35.5. The van der Waals surface area contributed by atoms with Crippen LogP contribution in [-0.2, 0) is 6.18 Å². The van der Waals surface area contributed by atoms with Gasteiger partial charge in [-0.2, -0.15) is 13.2 Å². The number of nitrogens with one attached hydrogen (secondary N) is 1. The lowest BCUT2D eigenvalue weighted by atomic mass is 10.1. The second kappa shape index (κ2) is 8.27. The third kappa shape index (κ3) is 4.05. The molecule has 1 N–H and O–H groups in total. The molecule has 2 aromatic heterocycles. The third-order valence-corrected chi connectivity index (χ3v) is 5.46. The molecule has 0 aliphatic rings. The van der Waals surface area contributed by atoms with E-state index in [2.05, 4.69) is 15.3 Å². The van der Waals surface area contributed by atoms with Gasteiger partial charge in [-0.05, 0) is 49.6 Å². The van der Waals surface area contributed by atoms with E-state index in [-0.39, 0.29) is 16.1 Å². The van der Waals surface area contributed by atoms with Crippen LogP contribution in [0.15, 0.2) is 65.8 Å². The molecule has 0 aliphatic carbocycles. The Balaban J connectivity index is 1.96. The van der Waals surface area contributed by atoms with Crippen molar-refractivity contribution in [2.24, 2.45) is 0 Å². The molecule has 0 saturated heterocycles. The molecule has 0 bridgehead atoms. The van der Waals surface area contributed by atoms with Crippen molar-refractivity contribution in [3.8, 4) is 5.69 Å². The minimum Gasteiger partial charge on any atom is -0.362 e. The van der Waals surface area contributed by atoms with E-state index in [4.69, 9.17) is 11.6 Å². The van der Waals surface area contributed by atoms with Gasteiger partial charge in [0.05, 0.1) is 22.0 Å². The van der Waals surface area contributed by atoms with Crippen molar-refractivity contribution < 1.29 is 13.2 Å². The summed E-state index contributed by atoms with van der Waals surface area (Å²) in [6.07, 6.45) is -1.51. The Morgan fingerprint density at radius 1 is 1.12 bits per heavy atom. The van der Waals surface area contributed by atoms with E-state index in [9.17, 15) is 18.0 Å². The summed E-state index contributed by atoms with van der Waals surface area (Å²) in [5.74, 6) is 0.557. The summed E-state index contributed by atoms with van der Waals surface area (Å²) in [6, 6.07) is 11.0.